The first-order chi connectivity index (χ1) is 7.65. The van der Waals surface area contributed by atoms with E-state index in [0.29, 0.717) is 6.04 Å². The smallest absolute Gasteiger partial charge is 0.0748 e. The molecule has 0 aliphatic carbocycles. The second-order valence-corrected chi connectivity index (χ2v) is 5.18. The molecule has 1 aromatic rings. The van der Waals surface area contributed by atoms with Gasteiger partial charge in [-0.2, -0.15) is 0 Å². The number of nitrogens with zero attached hydrogens (tertiary/aromatic N) is 2. The zero-order valence-corrected chi connectivity index (χ0v) is 11.4. The molecule has 0 amide bonds. The number of hydrogen-bond donors (Lipinski definition) is 1. The predicted molar refractivity (Wildman–Crippen MR) is 73.3 cm³/mol. The van der Waals surface area contributed by atoms with E-state index in [2.05, 4.69) is 58.0 Å². The molecule has 16 heavy (non-hydrogen) atoms. The van der Waals surface area contributed by atoms with Crippen LogP contribution >= 0.6 is 15.9 Å². The van der Waals surface area contributed by atoms with Crippen LogP contribution in [0, 0.1) is 0 Å². The Morgan fingerprint density at radius 3 is 2.88 bits per heavy atom. The van der Waals surface area contributed by atoms with Gasteiger partial charge in [0.2, 0.25) is 0 Å². The first-order valence-corrected chi connectivity index (χ1v) is 6.37. The molecule has 1 atom stereocenters. The average Bonchev–Trinajstić information content (AvgIpc) is 2.25. The Kier molecular flexibility index (Phi) is 3.40. The third-order valence-electron chi connectivity index (χ3n) is 3.26. The van der Waals surface area contributed by atoms with Gasteiger partial charge in [-0.1, -0.05) is 6.07 Å². The summed E-state index contributed by atoms with van der Waals surface area (Å²) in [7, 11) is 4.29. The first kappa shape index (κ1) is 11.7. The van der Waals surface area contributed by atoms with Crippen molar-refractivity contribution in [3.63, 3.8) is 0 Å². The maximum atomic E-state index is 5.67. The highest BCUT2D eigenvalue weighted by Crippen LogP contribution is 2.39. The number of anilines is 2. The Morgan fingerprint density at radius 2 is 2.19 bits per heavy atom. The van der Waals surface area contributed by atoms with E-state index in [4.69, 9.17) is 5.73 Å². The highest BCUT2D eigenvalue weighted by molar-refractivity contribution is 9.10. The van der Waals surface area contributed by atoms with Gasteiger partial charge in [-0.15, -0.1) is 0 Å². The van der Waals surface area contributed by atoms with Gasteiger partial charge in [0.25, 0.3) is 0 Å². The van der Waals surface area contributed by atoms with Gasteiger partial charge in [-0.3, -0.25) is 0 Å². The van der Waals surface area contributed by atoms with Gasteiger partial charge in [0.05, 0.1) is 11.4 Å². The minimum absolute atomic E-state index is 0.501. The SMILES string of the molecule is CN1CC(CCN)N(C)c2c(Br)cccc21. The summed E-state index contributed by atoms with van der Waals surface area (Å²) in [5, 5.41) is 0. The molecule has 4 heteroatoms. The van der Waals surface area contributed by atoms with Crippen LogP contribution in [-0.4, -0.2) is 33.2 Å². The fraction of sp³-hybridized carbons (Fsp3) is 0.500. The predicted octanol–water partition coefficient (Wildman–Crippen LogP) is 2.05. The van der Waals surface area contributed by atoms with E-state index in [1.165, 1.54) is 11.4 Å². The summed E-state index contributed by atoms with van der Waals surface area (Å²) in [6, 6.07) is 6.83. The highest BCUT2D eigenvalue weighted by Gasteiger charge is 2.27. The molecule has 1 heterocycles. The molecular weight excluding hydrogens is 266 g/mol. The van der Waals surface area contributed by atoms with E-state index < -0.39 is 0 Å². The molecule has 0 fully saturated rings. The molecule has 0 saturated carbocycles. The summed E-state index contributed by atoms with van der Waals surface area (Å²) < 4.78 is 1.15. The maximum absolute atomic E-state index is 5.67. The van der Waals surface area contributed by atoms with Crippen molar-refractivity contribution >= 4 is 27.3 Å². The van der Waals surface area contributed by atoms with Crippen molar-refractivity contribution in [1.82, 2.24) is 0 Å². The molecule has 1 aliphatic heterocycles. The molecule has 0 spiro atoms. The van der Waals surface area contributed by atoms with Gasteiger partial charge in [0.1, 0.15) is 0 Å². The molecule has 3 nitrogen and oxygen atoms in total. The summed E-state index contributed by atoms with van der Waals surface area (Å²) >= 11 is 3.63. The third-order valence-corrected chi connectivity index (χ3v) is 3.90. The first-order valence-electron chi connectivity index (χ1n) is 5.57. The second-order valence-electron chi connectivity index (χ2n) is 4.33. The minimum Gasteiger partial charge on any atom is -0.371 e. The topological polar surface area (TPSA) is 32.5 Å². The Hall–Kier alpha value is -0.740. The molecule has 0 aromatic heterocycles. The van der Waals surface area contributed by atoms with Crippen molar-refractivity contribution in [1.29, 1.82) is 0 Å². The molecule has 1 aliphatic rings. The summed E-state index contributed by atoms with van der Waals surface area (Å²) in [6.07, 6.45) is 1.03. The molecule has 0 bridgehead atoms. The Labute approximate surface area is 105 Å². The van der Waals surface area contributed by atoms with E-state index in [1.807, 2.05) is 0 Å². The van der Waals surface area contributed by atoms with Crippen LogP contribution in [0.15, 0.2) is 22.7 Å². The molecule has 2 N–H and O–H groups in total. The van der Waals surface area contributed by atoms with E-state index in [-0.39, 0.29) is 0 Å². The average molecular weight is 284 g/mol. The summed E-state index contributed by atoms with van der Waals surface area (Å²) in [5.41, 5.74) is 8.22. The van der Waals surface area contributed by atoms with Crippen molar-refractivity contribution in [3.8, 4) is 0 Å². The fourth-order valence-electron chi connectivity index (χ4n) is 2.36. The third kappa shape index (κ3) is 1.92. The van der Waals surface area contributed by atoms with Crippen LogP contribution in [0.25, 0.3) is 0 Å². The molecule has 1 aromatic carbocycles. The van der Waals surface area contributed by atoms with Crippen molar-refractivity contribution < 1.29 is 0 Å². The van der Waals surface area contributed by atoms with Crippen LogP contribution in [0.5, 0.6) is 0 Å². The number of para-hydroxylation sites is 1. The molecule has 0 radical (unpaired) electrons. The quantitative estimate of drug-likeness (QED) is 0.902. The van der Waals surface area contributed by atoms with Crippen LogP contribution in [0.2, 0.25) is 0 Å². The molecule has 88 valence electrons. The largest absolute Gasteiger partial charge is 0.371 e. The second kappa shape index (κ2) is 4.63. The number of nitrogens with two attached hydrogens (primary N) is 1. The van der Waals surface area contributed by atoms with Crippen LogP contribution in [0.4, 0.5) is 11.4 Å². The van der Waals surface area contributed by atoms with Gasteiger partial charge < -0.3 is 15.5 Å². The zero-order valence-electron chi connectivity index (χ0n) is 9.78. The maximum Gasteiger partial charge on any atom is 0.0748 e. The van der Waals surface area contributed by atoms with Crippen LogP contribution in [0.3, 0.4) is 0 Å². The highest BCUT2D eigenvalue weighted by atomic mass is 79.9. The lowest BCUT2D eigenvalue weighted by molar-refractivity contribution is 0.566. The Morgan fingerprint density at radius 1 is 1.44 bits per heavy atom. The van der Waals surface area contributed by atoms with Gasteiger partial charge in [0, 0.05) is 31.2 Å². The molecular formula is C12H18BrN3. The fourth-order valence-corrected chi connectivity index (χ4v) is 2.99. The number of fused-ring (bicyclic) bond motifs is 1. The molecule has 2 rings (SSSR count). The number of rotatable bonds is 2. The van der Waals surface area contributed by atoms with Gasteiger partial charge >= 0.3 is 0 Å². The Bertz CT molecular complexity index is 381. The van der Waals surface area contributed by atoms with E-state index in [1.54, 1.807) is 0 Å². The van der Waals surface area contributed by atoms with E-state index >= 15 is 0 Å². The number of hydrogen-bond acceptors (Lipinski definition) is 3. The van der Waals surface area contributed by atoms with Crippen LogP contribution < -0.4 is 15.5 Å². The number of benzene rings is 1. The summed E-state index contributed by atoms with van der Waals surface area (Å²) in [4.78, 5) is 4.65. The lowest BCUT2D eigenvalue weighted by Gasteiger charge is -2.41. The Balaban J connectivity index is 2.40. The van der Waals surface area contributed by atoms with Crippen molar-refractivity contribution in [3.05, 3.63) is 22.7 Å². The summed E-state index contributed by atoms with van der Waals surface area (Å²) in [5.74, 6) is 0. The molecule has 1 unspecified atom stereocenters. The van der Waals surface area contributed by atoms with Gasteiger partial charge in [-0.25, -0.2) is 0 Å². The number of likely N-dealkylation sites (N-methyl/N-ethyl adjacent to an activating group) is 2. The van der Waals surface area contributed by atoms with E-state index in [9.17, 15) is 0 Å². The van der Waals surface area contributed by atoms with Crippen LogP contribution in [0.1, 0.15) is 6.42 Å². The minimum atomic E-state index is 0.501. The van der Waals surface area contributed by atoms with Crippen molar-refractivity contribution in [2.24, 2.45) is 5.73 Å². The normalized spacial score (nSPS) is 19.9. The lowest BCUT2D eigenvalue weighted by Crippen LogP contribution is -2.46. The monoisotopic (exact) mass is 283 g/mol. The number of halogens is 1. The van der Waals surface area contributed by atoms with E-state index in [0.717, 1.165) is 24.0 Å². The van der Waals surface area contributed by atoms with Crippen molar-refractivity contribution in [2.45, 2.75) is 12.5 Å². The standard InChI is InChI=1S/C12H18BrN3/c1-15-8-9(6-7-14)16(2)12-10(13)4-3-5-11(12)15/h3-5,9H,6-8,14H2,1-2H3. The lowest BCUT2D eigenvalue weighted by atomic mass is 10.1. The zero-order chi connectivity index (χ0) is 11.7. The van der Waals surface area contributed by atoms with Gasteiger partial charge in [-0.05, 0) is 41.0 Å². The van der Waals surface area contributed by atoms with Crippen molar-refractivity contribution in [2.75, 3.05) is 37.0 Å². The van der Waals surface area contributed by atoms with Gasteiger partial charge in [0.15, 0.2) is 0 Å². The molecule has 0 saturated heterocycles. The summed E-state index contributed by atoms with van der Waals surface area (Å²) in [6.45, 7) is 1.78. The van der Waals surface area contributed by atoms with Crippen LogP contribution in [-0.2, 0) is 0 Å².